The van der Waals surface area contributed by atoms with Crippen LogP contribution in [0.5, 0.6) is 5.75 Å². The Kier molecular flexibility index (Phi) is 5.97. The maximum absolute atomic E-state index is 12.0. The lowest BCUT2D eigenvalue weighted by atomic mass is 10.3. The van der Waals surface area contributed by atoms with E-state index in [0.29, 0.717) is 12.2 Å². The lowest BCUT2D eigenvalue weighted by Crippen LogP contribution is -2.31. The molecule has 0 saturated carbocycles. The largest absolute Gasteiger partial charge is 0.484 e. The summed E-state index contributed by atoms with van der Waals surface area (Å²) in [4.78, 5) is 11.2. The first-order chi connectivity index (χ1) is 9.39. The summed E-state index contributed by atoms with van der Waals surface area (Å²) in [6.45, 7) is 3.61. The van der Waals surface area contributed by atoms with Crippen molar-refractivity contribution < 1.29 is 17.9 Å². The van der Waals surface area contributed by atoms with E-state index in [2.05, 4.69) is 10.0 Å². The molecule has 1 amide bonds. The third kappa shape index (κ3) is 4.82. The van der Waals surface area contributed by atoms with E-state index in [9.17, 15) is 13.2 Å². The molecule has 7 heteroatoms. The molecule has 0 spiro atoms. The van der Waals surface area contributed by atoms with E-state index in [4.69, 9.17) is 4.74 Å². The third-order valence-corrected chi connectivity index (χ3v) is 4.36. The van der Waals surface area contributed by atoms with Crippen LogP contribution in [-0.2, 0) is 14.8 Å². The Labute approximate surface area is 119 Å². The summed E-state index contributed by atoms with van der Waals surface area (Å²) in [7, 11) is -1.99. The normalized spacial score (nSPS) is 12.8. The highest BCUT2D eigenvalue weighted by molar-refractivity contribution is 7.89. The zero-order chi connectivity index (χ0) is 15.2. The Hall–Kier alpha value is -1.60. The molecule has 0 radical (unpaired) electrons. The van der Waals surface area contributed by atoms with Crippen LogP contribution >= 0.6 is 0 Å². The number of benzene rings is 1. The van der Waals surface area contributed by atoms with Crippen LogP contribution in [0.4, 0.5) is 0 Å². The summed E-state index contributed by atoms with van der Waals surface area (Å²) < 4.78 is 31.8. The summed E-state index contributed by atoms with van der Waals surface area (Å²) in [5.74, 6) is 0.191. The van der Waals surface area contributed by atoms with E-state index in [0.717, 1.165) is 0 Å². The monoisotopic (exact) mass is 300 g/mol. The van der Waals surface area contributed by atoms with Crippen LogP contribution < -0.4 is 14.8 Å². The molecule has 1 aromatic rings. The van der Waals surface area contributed by atoms with E-state index in [1.54, 1.807) is 6.92 Å². The SMILES string of the molecule is CC[C@@H](C)NS(=O)(=O)c1ccc(OCC(=O)NC)cc1. The van der Waals surface area contributed by atoms with Gasteiger partial charge in [-0.3, -0.25) is 4.79 Å². The van der Waals surface area contributed by atoms with Gasteiger partial charge in [0.2, 0.25) is 10.0 Å². The van der Waals surface area contributed by atoms with Crippen molar-refractivity contribution in [3.63, 3.8) is 0 Å². The Morgan fingerprint density at radius 2 is 1.90 bits per heavy atom. The fourth-order valence-corrected chi connectivity index (χ4v) is 2.68. The molecule has 0 fully saturated rings. The van der Waals surface area contributed by atoms with E-state index in [-0.39, 0.29) is 23.5 Å². The maximum Gasteiger partial charge on any atom is 0.257 e. The van der Waals surface area contributed by atoms with Crippen LogP contribution in [0.3, 0.4) is 0 Å². The van der Waals surface area contributed by atoms with Crippen LogP contribution in [0.2, 0.25) is 0 Å². The Bertz CT molecular complexity index is 540. The number of sulfonamides is 1. The minimum Gasteiger partial charge on any atom is -0.484 e. The number of hydrogen-bond acceptors (Lipinski definition) is 4. The number of ether oxygens (including phenoxy) is 1. The molecule has 0 aliphatic heterocycles. The molecule has 0 saturated heterocycles. The smallest absolute Gasteiger partial charge is 0.257 e. The third-order valence-electron chi connectivity index (χ3n) is 2.75. The summed E-state index contributed by atoms with van der Waals surface area (Å²) in [6, 6.07) is 5.82. The minimum absolute atomic E-state index is 0.103. The first-order valence-electron chi connectivity index (χ1n) is 6.34. The van der Waals surface area contributed by atoms with Gasteiger partial charge in [0, 0.05) is 13.1 Å². The zero-order valence-corrected chi connectivity index (χ0v) is 12.7. The lowest BCUT2D eigenvalue weighted by Gasteiger charge is -2.12. The van der Waals surface area contributed by atoms with Crippen LogP contribution in [0.25, 0.3) is 0 Å². The van der Waals surface area contributed by atoms with Crippen molar-refractivity contribution >= 4 is 15.9 Å². The molecule has 0 aliphatic rings. The van der Waals surface area contributed by atoms with E-state index in [1.165, 1.54) is 31.3 Å². The summed E-state index contributed by atoms with van der Waals surface area (Å²) in [6.07, 6.45) is 0.715. The van der Waals surface area contributed by atoms with Gasteiger partial charge in [-0.05, 0) is 37.6 Å². The zero-order valence-electron chi connectivity index (χ0n) is 11.8. The molecular formula is C13H20N2O4S. The number of amides is 1. The Morgan fingerprint density at radius 1 is 1.30 bits per heavy atom. The molecule has 1 atom stereocenters. The van der Waals surface area contributed by atoms with Crippen molar-refractivity contribution in [2.45, 2.75) is 31.2 Å². The van der Waals surface area contributed by atoms with Gasteiger partial charge in [-0.15, -0.1) is 0 Å². The summed E-state index contributed by atoms with van der Waals surface area (Å²) in [5.41, 5.74) is 0. The number of hydrogen-bond donors (Lipinski definition) is 2. The second kappa shape index (κ2) is 7.25. The molecule has 6 nitrogen and oxygen atoms in total. The summed E-state index contributed by atoms with van der Waals surface area (Å²) >= 11 is 0. The number of likely N-dealkylation sites (N-methyl/N-ethyl adjacent to an activating group) is 1. The van der Waals surface area contributed by atoms with Gasteiger partial charge in [0.05, 0.1) is 4.90 Å². The van der Waals surface area contributed by atoms with Gasteiger partial charge in [0.1, 0.15) is 5.75 Å². The molecular weight excluding hydrogens is 280 g/mol. The van der Waals surface area contributed by atoms with Gasteiger partial charge < -0.3 is 10.1 Å². The summed E-state index contributed by atoms with van der Waals surface area (Å²) in [5, 5.41) is 2.43. The van der Waals surface area contributed by atoms with Crippen LogP contribution in [0, 0.1) is 0 Å². The Balaban J connectivity index is 2.73. The number of nitrogens with one attached hydrogen (secondary N) is 2. The van der Waals surface area contributed by atoms with Gasteiger partial charge in [-0.1, -0.05) is 6.92 Å². The predicted molar refractivity (Wildman–Crippen MR) is 76.1 cm³/mol. The second-order valence-electron chi connectivity index (χ2n) is 4.36. The molecule has 0 aromatic heterocycles. The van der Waals surface area contributed by atoms with E-state index in [1.807, 2.05) is 6.92 Å². The maximum atomic E-state index is 12.0. The van der Waals surface area contributed by atoms with Gasteiger partial charge in [-0.2, -0.15) is 0 Å². The first kappa shape index (κ1) is 16.5. The molecule has 0 unspecified atom stereocenters. The standard InChI is InChI=1S/C13H20N2O4S/c1-4-10(2)15-20(17,18)12-7-5-11(6-8-12)19-9-13(16)14-3/h5-8,10,15H,4,9H2,1-3H3,(H,14,16)/t10-/m1/s1. The molecule has 0 aliphatic carbocycles. The van der Waals surface area contributed by atoms with Crippen LogP contribution in [-0.4, -0.2) is 34.0 Å². The van der Waals surface area contributed by atoms with Crippen molar-refractivity contribution in [3.8, 4) is 5.75 Å². The van der Waals surface area contributed by atoms with Crippen molar-refractivity contribution in [3.05, 3.63) is 24.3 Å². The van der Waals surface area contributed by atoms with E-state index < -0.39 is 10.0 Å². The van der Waals surface area contributed by atoms with Crippen molar-refractivity contribution in [2.24, 2.45) is 0 Å². The topological polar surface area (TPSA) is 84.5 Å². The number of rotatable bonds is 7. The minimum atomic E-state index is -3.51. The highest BCUT2D eigenvalue weighted by atomic mass is 32.2. The van der Waals surface area contributed by atoms with Gasteiger partial charge in [-0.25, -0.2) is 13.1 Å². The molecule has 20 heavy (non-hydrogen) atoms. The molecule has 0 heterocycles. The van der Waals surface area contributed by atoms with Crippen LogP contribution in [0.15, 0.2) is 29.2 Å². The predicted octanol–water partition coefficient (Wildman–Crippen LogP) is 0.888. The molecule has 0 bridgehead atoms. The van der Waals surface area contributed by atoms with Gasteiger partial charge in [0.25, 0.3) is 5.91 Å². The second-order valence-corrected chi connectivity index (χ2v) is 6.08. The Morgan fingerprint density at radius 3 is 2.40 bits per heavy atom. The quantitative estimate of drug-likeness (QED) is 0.783. The van der Waals surface area contributed by atoms with Crippen molar-refractivity contribution in [1.29, 1.82) is 0 Å². The first-order valence-corrected chi connectivity index (χ1v) is 7.83. The molecule has 112 valence electrons. The molecule has 2 N–H and O–H groups in total. The van der Waals surface area contributed by atoms with E-state index >= 15 is 0 Å². The van der Waals surface area contributed by atoms with Crippen molar-refractivity contribution in [1.82, 2.24) is 10.0 Å². The van der Waals surface area contributed by atoms with Crippen molar-refractivity contribution in [2.75, 3.05) is 13.7 Å². The number of carbonyl (C=O) groups is 1. The highest BCUT2D eigenvalue weighted by Crippen LogP contribution is 2.16. The van der Waals surface area contributed by atoms with Gasteiger partial charge >= 0.3 is 0 Å². The average Bonchev–Trinajstić information content (AvgIpc) is 2.44. The fraction of sp³-hybridized carbons (Fsp3) is 0.462. The number of carbonyl (C=O) groups excluding carboxylic acids is 1. The molecule has 1 rings (SSSR count). The lowest BCUT2D eigenvalue weighted by molar-refractivity contribution is -0.122. The van der Waals surface area contributed by atoms with Gasteiger partial charge in [0.15, 0.2) is 6.61 Å². The average molecular weight is 300 g/mol. The molecule has 1 aromatic carbocycles. The fourth-order valence-electron chi connectivity index (χ4n) is 1.35. The van der Waals surface area contributed by atoms with Crippen LogP contribution in [0.1, 0.15) is 20.3 Å². The highest BCUT2D eigenvalue weighted by Gasteiger charge is 2.16.